The maximum Gasteiger partial charge on any atom is 0.328 e. The Bertz CT molecular complexity index is 1260. The van der Waals surface area contributed by atoms with Gasteiger partial charge in [-0.15, -0.1) is 0 Å². The molecule has 4 atom stereocenters. The van der Waals surface area contributed by atoms with Crippen LogP contribution in [0.25, 0.3) is 0 Å². The van der Waals surface area contributed by atoms with Gasteiger partial charge in [0.1, 0.15) is 17.8 Å². The zero-order valence-corrected chi connectivity index (χ0v) is 24.2. The summed E-state index contributed by atoms with van der Waals surface area (Å²) in [6.07, 6.45) is 0.650. The average molecular weight is 550 g/mol. The van der Waals surface area contributed by atoms with Crippen LogP contribution in [-0.4, -0.2) is 50.0 Å². The number of carbonyl (C=O) groups is 4. The van der Waals surface area contributed by atoms with Gasteiger partial charge < -0.3 is 20.1 Å². The summed E-state index contributed by atoms with van der Waals surface area (Å²) in [4.78, 5) is 54.2. The molecule has 0 radical (unpaired) electrons. The minimum absolute atomic E-state index is 0.160. The number of anilines is 1. The molecule has 9 heteroatoms. The lowest BCUT2D eigenvalue weighted by Gasteiger charge is -2.44. The number of amides is 3. The van der Waals surface area contributed by atoms with Crippen LogP contribution in [0.5, 0.6) is 5.75 Å². The highest BCUT2D eigenvalue weighted by molar-refractivity contribution is 6.19. The molecule has 0 aliphatic carbocycles. The van der Waals surface area contributed by atoms with Gasteiger partial charge in [0.05, 0.1) is 25.8 Å². The average Bonchev–Trinajstić information content (AvgIpc) is 2.96. The highest BCUT2D eigenvalue weighted by Gasteiger charge is 2.46. The summed E-state index contributed by atoms with van der Waals surface area (Å²) >= 11 is 0. The molecule has 3 rings (SSSR count). The lowest BCUT2D eigenvalue weighted by Crippen LogP contribution is -2.56. The monoisotopic (exact) mass is 549 g/mol. The van der Waals surface area contributed by atoms with Crippen molar-refractivity contribution in [3.8, 4) is 5.75 Å². The molecule has 2 aromatic carbocycles. The van der Waals surface area contributed by atoms with E-state index in [2.05, 4.69) is 10.6 Å². The van der Waals surface area contributed by atoms with Crippen LogP contribution in [0.1, 0.15) is 52.6 Å². The Kier molecular flexibility index (Phi) is 10.1. The fraction of sp³-hybridized carbons (Fsp3) is 0.419. The Balaban J connectivity index is 1.90. The molecule has 9 nitrogen and oxygen atoms in total. The second-order valence-electron chi connectivity index (χ2n) is 10.3. The van der Waals surface area contributed by atoms with Crippen LogP contribution in [0.2, 0.25) is 0 Å². The zero-order valence-electron chi connectivity index (χ0n) is 24.2. The fourth-order valence-electron chi connectivity index (χ4n) is 4.70. The van der Waals surface area contributed by atoms with E-state index >= 15 is 0 Å². The van der Waals surface area contributed by atoms with E-state index in [0.29, 0.717) is 23.4 Å². The normalized spacial score (nSPS) is 18.2. The van der Waals surface area contributed by atoms with Crippen LogP contribution in [0.4, 0.5) is 5.69 Å². The first-order chi connectivity index (χ1) is 19.0. The minimum Gasteiger partial charge on any atom is -0.497 e. The largest absolute Gasteiger partial charge is 0.497 e. The van der Waals surface area contributed by atoms with Crippen molar-refractivity contribution in [2.75, 3.05) is 19.1 Å². The Hall–Kier alpha value is -4.14. The van der Waals surface area contributed by atoms with Crippen LogP contribution < -0.4 is 20.3 Å². The first kappa shape index (κ1) is 30.4. The van der Waals surface area contributed by atoms with Gasteiger partial charge >= 0.3 is 5.97 Å². The van der Waals surface area contributed by atoms with Crippen LogP contribution in [0.15, 0.2) is 65.7 Å². The number of esters is 1. The maximum absolute atomic E-state index is 13.5. The van der Waals surface area contributed by atoms with E-state index < -0.39 is 35.9 Å². The van der Waals surface area contributed by atoms with Crippen molar-refractivity contribution < 1.29 is 28.7 Å². The van der Waals surface area contributed by atoms with E-state index in [4.69, 9.17) is 9.47 Å². The highest BCUT2D eigenvalue weighted by atomic mass is 16.5. The zero-order chi connectivity index (χ0) is 29.6. The van der Waals surface area contributed by atoms with Crippen molar-refractivity contribution in [3.63, 3.8) is 0 Å². The van der Waals surface area contributed by atoms with Crippen LogP contribution in [0.3, 0.4) is 0 Å². The van der Waals surface area contributed by atoms with E-state index in [1.807, 2.05) is 44.2 Å². The number of methoxy groups -OCH3 is 2. The van der Waals surface area contributed by atoms with Crippen molar-refractivity contribution in [2.45, 2.75) is 59.2 Å². The van der Waals surface area contributed by atoms with Crippen molar-refractivity contribution in [2.24, 2.45) is 11.8 Å². The molecule has 1 fully saturated rings. The third kappa shape index (κ3) is 6.35. The van der Waals surface area contributed by atoms with E-state index in [-0.39, 0.29) is 23.3 Å². The number of benzene rings is 2. The van der Waals surface area contributed by atoms with Crippen LogP contribution in [0, 0.1) is 11.8 Å². The number of carbonyl (C=O) groups excluding carboxylic acids is 4. The number of rotatable bonds is 11. The lowest BCUT2D eigenvalue weighted by atomic mass is 9.84. The highest BCUT2D eigenvalue weighted by Crippen LogP contribution is 2.44. The molecule has 1 unspecified atom stereocenters. The number of ether oxygens (including phenoxy) is 2. The number of nitrogens with zero attached hydrogens (tertiary/aromatic N) is 1. The van der Waals surface area contributed by atoms with Crippen molar-refractivity contribution in [3.05, 3.63) is 71.3 Å². The molecule has 2 aromatic rings. The topological polar surface area (TPSA) is 114 Å². The Morgan fingerprint density at radius 3 is 2.08 bits per heavy atom. The Morgan fingerprint density at radius 1 is 0.925 bits per heavy atom. The van der Waals surface area contributed by atoms with Gasteiger partial charge in [-0.25, -0.2) is 4.79 Å². The predicted molar refractivity (Wildman–Crippen MR) is 153 cm³/mol. The molecule has 2 N–H and O–H groups in total. The van der Waals surface area contributed by atoms with Gasteiger partial charge in [-0.05, 0) is 48.6 Å². The Morgan fingerprint density at radius 2 is 1.55 bits per heavy atom. The molecule has 214 valence electrons. The standard InChI is InChI=1S/C31H39N3O6/c1-8-19(4)26(31(38)40-7)33-29(36)25(18(2)3)32-28(35)20(5)24-27(21-12-10-9-11-13-21)34(30(24)37)22-14-16-23(39-6)17-15-22/h9-19,25-27H,8H2,1-7H3,(H,32,35)(H,33,36)/b24-20+/t19-,25-,26-,27?/m0/s1. The van der Waals surface area contributed by atoms with Gasteiger partial charge in [0.25, 0.3) is 5.91 Å². The molecule has 1 aliphatic heterocycles. The first-order valence-corrected chi connectivity index (χ1v) is 13.5. The molecule has 1 heterocycles. The summed E-state index contributed by atoms with van der Waals surface area (Å²) in [5, 5.41) is 5.55. The van der Waals surface area contributed by atoms with Gasteiger partial charge in [-0.1, -0.05) is 64.4 Å². The summed E-state index contributed by atoms with van der Waals surface area (Å²) in [7, 11) is 2.85. The molecular formula is C31H39N3O6. The van der Waals surface area contributed by atoms with E-state index in [1.54, 1.807) is 57.0 Å². The Labute approximate surface area is 235 Å². The summed E-state index contributed by atoms with van der Waals surface area (Å²) < 4.78 is 10.1. The molecule has 0 saturated carbocycles. The summed E-state index contributed by atoms with van der Waals surface area (Å²) in [6.45, 7) is 8.96. The molecule has 1 saturated heterocycles. The molecule has 40 heavy (non-hydrogen) atoms. The minimum atomic E-state index is -0.928. The number of hydrogen-bond donors (Lipinski definition) is 2. The third-order valence-electron chi connectivity index (χ3n) is 7.39. The van der Waals surface area contributed by atoms with Crippen molar-refractivity contribution >= 4 is 29.4 Å². The summed E-state index contributed by atoms with van der Waals surface area (Å²) in [5.74, 6) is -1.62. The fourth-order valence-corrected chi connectivity index (χ4v) is 4.70. The molecular weight excluding hydrogens is 510 g/mol. The summed E-state index contributed by atoms with van der Waals surface area (Å²) in [5.41, 5.74) is 2.12. The van der Waals surface area contributed by atoms with Gasteiger partial charge in [0, 0.05) is 11.3 Å². The second-order valence-corrected chi connectivity index (χ2v) is 10.3. The molecule has 0 bridgehead atoms. The summed E-state index contributed by atoms with van der Waals surface area (Å²) in [6, 6.07) is 14.4. The van der Waals surface area contributed by atoms with Gasteiger partial charge in [-0.2, -0.15) is 0 Å². The second kappa shape index (κ2) is 13.3. The number of hydrogen-bond acceptors (Lipinski definition) is 6. The smallest absolute Gasteiger partial charge is 0.328 e. The SMILES string of the molecule is CC[C@H](C)[C@H](NC(=O)[C@@H](NC(=O)/C(C)=C1/C(=O)N(c2ccc(OC)cc2)C1c1ccccc1)C(C)C)C(=O)OC. The predicted octanol–water partition coefficient (Wildman–Crippen LogP) is 3.94. The molecule has 0 spiro atoms. The van der Waals surface area contributed by atoms with Crippen LogP contribution in [-0.2, 0) is 23.9 Å². The number of β-lactam (4-membered cyclic amide) rings is 1. The molecule has 1 aliphatic rings. The lowest BCUT2D eigenvalue weighted by molar-refractivity contribution is -0.147. The quantitative estimate of drug-likeness (QED) is 0.249. The van der Waals surface area contributed by atoms with Gasteiger partial charge in [0.2, 0.25) is 11.8 Å². The van der Waals surface area contributed by atoms with E-state index in [1.165, 1.54) is 7.11 Å². The van der Waals surface area contributed by atoms with Crippen molar-refractivity contribution in [1.29, 1.82) is 0 Å². The van der Waals surface area contributed by atoms with Crippen molar-refractivity contribution in [1.82, 2.24) is 10.6 Å². The molecule has 0 aromatic heterocycles. The van der Waals surface area contributed by atoms with Gasteiger partial charge in [0.15, 0.2) is 0 Å². The van der Waals surface area contributed by atoms with E-state index in [0.717, 1.165) is 5.56 Å². The third-order valence-corrected chi connectivity index (χ3v) is 7.39. The van der Waals surface area contributed by atoms with Gasteiger partial charge in [-0.3, -0.25) is 19.3 Å². The maximum atomic E-state index is 13.5. The first-order valence-electron chi connectivity index (χ1n) is 13.5. The van der Waals surface area contributed by atoms with Crippen LogP contribution >= 0.6 is 0 Å². The number of nitrogens with one attached hydrogen (secondary N) is 2. The molecule has 3 amide bonds. The van der Waals surface area contributed by atoms with E-state index in [9.17, 15) is 19.2 Å².